The van der Waals surface area contributed by atoms with Gasteiger partial charge in [-0.2, -0.15) is 0 Å². The van der Waals surface area contributed by atoms with Crippen molar-refractivity contribution in [1.29, 1.82) is 0 Å². The summed E-state index contributed by atoms with van der Waals surface area (Å²) in [6.07, 6.45) is 2.68. The van der Waals surface area contributed by atoms with Crippen molar-refractivity contribution in [3.8, 4) is 5.75 Å². The average Bonchev–Trinajstić information content (AvgIpc) is 3.31. The zero-order valence-electron chi connectivity index (χ0n) is 13.5. The van der Waals surface area contributed by atoms with Crippen molar-refractivity contribution in [2.75, 3.05) is 24.6 Å². The number of rotatable bonds is 10. The van der Waals surface area contributed by atoms with Crippen molar-refractivity contribution in [2.45, 2.75) is 45.7 Å². The van der Waals surface area contributed by atoms with Gasteiger partial charge in [0.15, 0.2) is 0 Å². The van der Waals surface area contributed by atoms with Crippen LogP contribution in [0.15, 0.2) is 18.2 Å². The second-order valence-electron chi connectivity index (χ2n) is 5.61. The van der Waals surface area contributed by atoms with Crippen LogP contribution in [-0.2, 0) is 11.3 Å². The van der Waals surface area contributed by atoms with Crippen LogP contribution in [0.4, 0.5) is 5.69 Å². The minimum Gasteiger partial charge on any atom is -0.492 e. The fraction of sp³-hybridized carbons (Fsp3) is 0.588. The van der Waals surface area contributed by atoms with Gasteiger partial charge >= 0.3 is 5.97 Å². The summed E-state index contributed by atoms with van der Waals surface area (Å²) in [5.41, 5.74) is 2.18. The van der Waals surface area contributed by atoms with Gasteiger partial charge in [0, 0.05) is 25.7 Å². The minimum atomic E-state index is -0.776. The van der Waals surface area contributed by atoms with E-state index in [2.05, 4.69) is 22.3 Å². The van der Waals surface area contributed by atoms with Gasteiger partial charge in [-0.15, -0.1) is 0 Å². The summed E-state index contributed by atoms with van der Waals surface area (Å²) in [5.74, 6) is 0.0616. The number of carbonyl (C=O) groups is 1. The molecule has 0 unspecified atom stereocenters. The molecule has 0 saturated heterocycles. The molecule has 2 rings (SSSR count). The van der Waals surface area contributed by atoms with Gasteiger partial charge < -0.3 is 20.1 Å². The van der Waals surface area contributed by atoms with Crippen LogP contribution in [0.1, 0.15) is 38.7 Å². The Balaban J connectivity index is 2.10. The molecule has 5 nitrogen and oxygen atoms in total. The molecule has 1 aliphatic carbocycles. The van der Waals surface area contributed by atoms with Crippen molar-refractivity contribution in [2.24, 2.45) is 0 Å². The fourth-order valence-corrected chi connectivity index (χ4v) is 2.43. The highest BCUT2D eigenvalue weighted by molar-refractivity contribution is 5.68. The first-order valence-electron chi connectivity index (χ1n) is 8.09. The largest absolute Gasteiger partial charge is 0.492 e. The standard InChI is InChI=1S/C17H26N2O3/c1-3-19(10-9-17(20)21)15-8-5-13(11-16(15)22-4-2)12-18-14-6-7-14/h5,8,11,14,18H,3-4,6-7,9-10,12H2,1-2H3,(H,20,21). The van der Waals surface area contributed by atoms with Gasteiger partial charge in [-0.1, -0.05) is 6.07 Å². The van der Waals surface area contributed by atoms with Crippen LogP contribution in [0, 0.1) is 0 Å². The van der Waals surface area contributed by atoms with E-state index in [4.69, 9.17) is 9.84 Å². The SMILES string of the molecule is CCOc1cc(CNC2CC2)ccc1N(CC)CCC(=O)O. The summed E-state index contributed by atoms with van der Waals surface area (Å²) >= 11 is 0. The molecular formula is C17H26N2O3. The first kappa shape index (κ1) is 16.6. The first-order chi connectivity index (χ1) is 10.6. The predicted octanol–water partition coefficient (Wildman–Crippen LogP) is 2.64. The lowest BCUT2D eigenvalue weighted by Crippen LogP contribution is -2.26. The Labute approximate surface area is 132 Å². The third-order valence-corrected chi connectivity index (χ3v) is 3.81. The Morgan fingerprint density at radius 1 is 1.41 bits per heavy atom. The number of aliphatic carboxylic acids is 1. The van der Waals surface area contributed by atoms with Crippen LogP contribution < -0.4 is 15.0 Å². The summed E-state index contributed by atoms with van der Waals surface area (Å²) in [4.78, 5) is 12.9. The van der Waals surface area contributed by atoms with Crippen LogP contribution >= 0.6 is 0 Å². The molecule has 1 aliphatic rings. The fourth-order valence-electron chi connectivity index (χ4n) is 2.43. The molecule has 0 aliphatic heterocycles. The topological polar surface area (TPSA) is 61.8 Å². The van der Waals surface area contributed by atoms with Crippen molar-refractivity contribution in [1.82, 2.24) is 5.32 Å². The number of nitrogens with zero attached hydrogens (tertiary/aromatic N) is 1. The third kappa shape index (κ3) is 4.91. The maximum absolute atomic E-state index is 10.8. The van der Waals surface area contributed by atoms with E-state index in [1.54, 1.807) is 0 Å². The molecule has 122 valence electrons. The Morgan fingerprint density at radius 2 is 2.18 bits per heavy atom. The first-order valence-corrected chi connectivity index (χ1v) is 8.09. The molecule has 0 amide bonds. The van der Waals surface area contributed by atoms with E-state index < -0.39 is 5.97 Å². The molecule has 1 aromatic carbocycles. The van der Waals surface area contributed by atoms with E-state index in [1.807, 2.05) is 19.9 Å². The highest BCUT2D eigenvalue weighted by atomic mass is 16.5. The van der Waals surface area contributed by atoms with Gasteiger partial charge in [-0.05, 0) is 44.4 Å². The monoisotopic (exact) mass is 306 g/mol. The summed E-state index contributed by atoms with van der Waals surface area (Å²) in [6, 6.07) is 6.88. The van der Waals surface area contributed by atoms with E-state index in [9.17, 15) is 4.79 Å². The quantitative estimate of drug-likeness (QED) is 0.696. The average molecular weight is 306 g/mol. The molecule has 0 atom stereocenters. The lowest BCUT2D eigenvalue weighted by atomic mass is 10.1. The number of benzene rings is 1. The lowest BCUT2D eigenvalue weighted by Gasteiger charge is -2.25. The van der Waals surface area contributed by atoms with Crippen LogP contribution in [0.5, 0.6) is 5.75 Å². The van der Waals surface area contributed by atoms with Crippen molar-refractivity contribution < 1.29 is 14.6 Å². The maximum Gasteiger partial charge on any atom is 0.305 e. The number of nitrogens with one attached hydrogen (secondary N) is 1. The molecule has 22 heavy (non-hydrogen) atoms. The molecule has 1 saturated carbocycles. The predicted molar refractivity (Wildman–Crippen MR) is 87.6 cm³/mol. The van der Waals surface area contributed by atoms with Gasteiger partial charge in [-0.3, -0.25) is 4.79 Å². The van der Waals surface area contributed by atoms with E-state index in [0.29, 0.717) is 19.2 Å². The van der Waals surface area contributed by atoms with E-state index in [1.165, 1.54) is 18.4 Å². The molecule has 0 radical (unpaired) electrons. The van der Waals surface area contributed by atoms with Gasteiger partial charge in [-0.25, -0.2) is 0 Å². The van der Waals surface area contributed by atoms with E-state index in [-0.39, 0.29) is 6.42 Å². The van der Waals surface area contributed by atoms with E-state index in [0.717, 1.165) is 24.5 Å². The smallest absolute Gasteiger partial charge is 0.305 e. The van der Waals surface area contributed by atoms with Crippen molar-refractivity contribution in [3.63, 3.8) is 0 Å². The highest BCUT2D eigenvalue weighted by Crippen LogP contribution is 2.30. The number of hydrogen-bond acceptors (Lipinski definition) is 4. The number of hydrogen-bond donors (Lipinski definition) is 2. The summed E-state index contributed by atoms with van der Waals surface area (Å²) in [7, 11) is 0. The zero-order chi connectivity index (χ0) is 15.9. The Morgan fingerprint density at radius 3 is 2.77 bits per heavy atom. The molecule has 5 heteroatoms. The van der Waals surface area contributed by atoms with Crippen molar-refractivity contribution >= 4 is 11.7 Å². The Kier molecular flexibility index (Phi) is 6.07. The van der Waals surface area contributed by atoms with Gasteiger partial charge in [0.25, 0.3) is 0 Å². The molecule has 2 N–H and O–H groups in total. The van der Waals surface area contributed by atoms with Crippen LogP contribution in [0.2, 0.25) is 0 Å². The van der Waals surface area contributed by atoms with E-state index >= 15 is 0 Å². The Bertz CT molecular complexity index is 501. The van der Waals surface area contributed by atoms with Crippen LogP contribution in [0.25, 0.3) is 0 Å². The molecule has 0 aromatic heterocycles. The van der Waals surface area contributed by atoms with Gasteiger partial charge in [0.1, 0.15) is 5.75 Å². The molecule has 0 spiro atoms. The molecule has 1 aromatic rings. The summed E-state index contributed by atoms with van der Waals surface area (Å²) in [6.45, 7) is 6.69. The number of carboxylic acid groups (broad SMARTS) is 1. The second kappa shape index (κ2) is 8.03. The molecular weight excluding hydrogens is 280 g/mol. The minimum absolute atomic E-state index is 0.129. The number of anilines is 1. The summed E-state index contributed by atoms with van der Waals surface area (Å²) < 4.78 is 5.77. The second-order valence-corrected chi connectivity index (χ2v) is 5.61. The number of ether oxygens (including phenoxy) is 1. The molecule has 0 heterocycles. The number of carboxylic acids is 1. The highest BCUT2D eigenvalue weighted by Gasteiger charge is 2.20. The molecule has 0 bridgehead atoms. The third-order valence-electron chi connectivity index (χ3n) is 3.81. The lowest BCUT2D eigenvalue weighted by molar-refractivity contribution is -0.136. The maximum atomic E-state index is 10.8. The van der Waals surface area contributed by atoms with Crippen LogP contribution in [-0.4, -0.2) is 36.8 Å². The molecule has 1 fully saturated rings. The Hall–Kier alpha value is -1.75. The normalized spacial score (nSPS) is 13.9. The van der Waals surface area contributed by atoms with Gasteiger partial charge in [0.05, 0.1) is 18.7 Å². The summed E-state index contributed by atoms with van der Waals surface area (Å²) in [5, 5.41) is 12.4. The zero-order valence-corrected chi connectivity index (χ0v) is 13.5. The van der Waals surface area contributed by atoms with Gasteiger partial charge in [0.2, 0.25) is 0 Å². The van der Waals surface area contributed by atoms with Crippen LogP contribution in [0.3, 0.4) is 0 Å². The van der Waals surface area contributed by atoms with Crippen molar-refractivity contribution in [3.05, 3.63) is 23.8 Å².